The summed E-state index contributed by atoms with van der Waals surface area (Å²) in [6.07, 6.45) is -9.34. The molecular formula is C19H13F6N5O2S. The van der Waals surface area contributed by atoms with Crippen molar-refractivity contribution in [2.24, 2.45) is 7.05 Å². The van der Waals surface area contributed by atoms with E-state index < -0.39 is 25.0 Å². The van der Waals surface area contributed by atoms with Crippen LogP contribution >= 0.6 is 11.3 Å². The molecule has 0 saturated carbocycles. The molecule has 2 aromatic carbocycles. The lowest BCUT2D eigenvalue weighted by Gasteiger charge is -2.08. The standard InChI is InChI=1S/C19H13F6N5O2S/c1-30-13-5-2-9(15(31)26-8-18(20,21)22)6-12(13)27-16(30)29-17-28-11-4-3-10(7-14(11)33-17)32-19(23,24)25/h2-7H,8H2,1H3,(H,26,31)(H,27,28,29). The van der Waals surface area contributed by atoms with Crippen molar-refractivity contribution in [3.8, 4) is 5.75 Å². The van der Waals surface area contributed by atoms with Crippen LogP contribution in [-0.4, -0.2) is 39.5 Å². The number of rotatable bonds is 5. The number of nitrogens with one attached hydrogen (secondary N) is 2. The number of carbonyl (C=O) groups excluding carboxylic acids is 1. The summed E-state index contributed by atoms with van der Waals surface area (Å²) in [6, 6.07) is 8.02. The minimum absolute atomic E-state index is 0.00795. The molecule has 14 heteroatoms. The van der Waals surface area contributed by atoms with Gasteiger partial charge in [0.1, 0.15) is 12.3 Å². The maximum atomic E-state index is 12.4. The lowest BCUT2D eigenvalue weighted by molar-refractivity contribution is -0.274. The van der Waals surface area contributed by atoms with Gasteiger partial charge in [-0.1, -0.05) is 11.3 Å². The summed E-state index contributed by atoms with van der Waals surface area (Å²) < 4.78 is 80.2. The van der Waals surface area contributed by atoms with E-state index in [0.717, 1.165) is 17.4 Å². The number of amides is 1. The Morgan fingerprint density at radius 2 is 1.82 bits per heavy atom. The van der Waals surface area contributed by atoms with E-state index in [9.17, 15) is 31.1 Å². The molecule has 2 N–H and O–H groups in total. The molecule has 2 aromatic heterocycles. The minimum Gasteiger partial charge on any atom is -0.406 e. The fourth-order valence-electron chi connectivity index (χ4n) is 2.99. The summed E-state index contributed by atoms with van der Waals surface area (Å²) in [5.74, 6) is -0.953. The van der Waals surface area contributed by atoms with E-state index >= 15 is 0 Å². The van der Waals surface area contributed by atoms with Crippen LogP contribution in [0.25, 0.3) is 21.3 Å². The van der Waals surface area contributed by atoms with E-state index in [-0.39, 0.29) is 11.3 Å². The quantitative estimate of drug-likeness (QED) is 0.381. The molecule has 0 unspecified atom stereocenters. The molecule has 1 amide bonds. The summed E-state index contributed by atoms with van der Waals surface area (Å²) in [7, 11) is 1.67. The number of carbonyl (C=O) groups is 1. The number of ether oxygens (including phenoxy) is 1. The van der Waals surface area contributed by atoms with Gasteiger partial charge >= 0.3 is 12.5 Å². The molecule has 0 aliphatic carbocycles. The highest BCUT2D eigenvalue weighted by Crippen LogP contribution is 2.33. The highest BCUT2D eigenvalue weighted by atomic mass is 32.1. The molecule has 0 bridgehead atoms. The van der Waals surface area contributed by atoms with Gasteiger partial charge < -0.3 is 19.9 Å². The Morgan fingerprint density at radius 1 is 1.06 bits per heavy atom. The first-order valence-electron chi connectivity index (χ1n) is 9.13. The van der Waals surface area contributed by atoms with E-state index in [1.54, 1.807) is 16.9 Å². The second-order valence-electron chi connectivity index (χ2n) is 6.82. The van der Waals surface area contributed by atoms with Crippen molar-refractivity contribution in [3.05, 3.63) is 42.0 Å². The van der Waals surface area contributed by atoms with E-state index in [0.29, 0.717) is 32.3 Å². The van der Waals surface area contributed by atoms with Gasteiger partial charge in [-0.05, 0) is 30.3 Å². The maximum Gasteiger partial charge on any atom is 0.573 e. The maximum absolute atomic E-state index is 12.4. The number of aromatic nitrogens is 3. The van der Waals surface area contributed by atoms with Crippen LogP contribution in [0.1, 0.15) is 10.4 Å². The van der Waals surface area contributed by atoms with Gasteiger partial charge in [-0.2, -0.15) is 13.2 Å². The van der Waals surface area contributed by atoms with Gasteiger partial charge in [-0.15, -0.1) is 13.2 Å². The Labute approximate surface area is 185 Å². The number of thiazole rings is 1. The summed E-state index contributed by atoms with van der Waals surface area (Å²) in [5.41, 5.74) is 1.39. The van der Waals surface area contributed by atoms with Crippen LogP contribution in [0.15, 0.2) is 36.4 Å². The molecule has 4 rings (SSSR count). The Morgan fingerprint density at radius 3 is 2.52 bits per heavy atom. The number of imidazole rings is 1. The zero-order valence-electron chi connectivity index (χ0n) is 16.5. The van der Waals surface area contributed by atoms with Crippen molar-refractivity contribution in [2.75, 3.05) is 11.9 Å². The lowest BCUT2D eigenvalue weighted by atomic mass is 10.2. The lowest BCUT2D eigenvalue weighted by Crippen LogP contribution is -2.33. The van der Waals surface area contributed by atoms with Gasteiger partial charge in [0.2, 0.25) is 5.95 Å². The van der Waals surface area contributed by atoms with Crippen molar-refractivity contribution in [1.82, 2.24) is 19.9 Å². The van der Waals surface area contributed by atoms with Crippen molar-refractivity contribution >= 4 is 49.6 Å². The fourth-order valence-corrected chi connectivity index (χ4v) is 3.87. The Hall–Kier alpha value is -3.55. The molecule has 0 fully saturated rings. The second kappa shape index (κ2) is 8.10. The predicted octanol–water partition coefficient (Wildman–Crippen LogP) is 5.12. The molecule has 33 heavy (non-hydrogen) atoms. The normalized spacial score (nSPS) is 12.3. The average molecular weight is 489 g/mol. The number of aryl methyl sites for hydroxylation is 1. The van der Waals surface area contributed by atoms with Gasteiger partial charge in [-0.25, -0.2) is 9.97 Å². The average Bonchev–Trinajstić information content (AvgIpc) is 3.24. The number of anilines is 2. The predicted molar refractivity (Wildman–Crippen MR) is 109 cm³/mol. The highest BCUT2D eigenvalue weighted by Gasteiger charge is 2.31. The molecule has 0 radical (unpaired) electrons. The number of benzene rings is 2. The van der Waals surface area contributed by atoms with Crippen LogP contribution in [0.2, 0.25) is 0 Å². The molecule has 0 spiro atoms. The summed E-state index contributed by atoms with van der Waals surface area (Å²) >= 11 is 1.07. The number of hydrogen-bond donors (Lipinski definition) is 2. The molecular weight excluding hydrogens is 476 g/mol. The van der Waals surface area contributed by atoms with Gasteiger partial charge in [-0.3, -0.25) is 4.79 Å². The van der Waals surface area contributed by atoms with Crippen LogP contribution < -0.4 is 15.4 Å². The molecule has 0 aliphatic rings. The third-order valence-electron chi connectivity index (χ3n) is 4.40. The van der Waals surface area contributed by atoms with Crippen molar-refractivity contribution < 1.29 is 35.9 Å². The summed E-state index contributed by atoms with van der Waals surface area (Å²) in [5, 5.41) is 5.10. The van der Waals surface area contributed by atoms with Crippen LogP contribution in [0.5, 0.6) is 5.75 Å². The van der Waals surface area contributed by atoms with Crippen LogP contribution in [-0.2, 0) is 7.05 Å². The van der Waals surface area contributed by atoms with Gasteiger partial charge in [0, 0.05) is 18.7 Å². The SMILES string of the molecule is Cn1c(Nc2nc3ccc(OC(F)(F)F)cc3s2)nc2cc(C(=O)NCC(F)(F)F)ccc21. The molecule has 0 aliphatic heterocycles. The highest BCUT2D eigenvalue weighted by molar-refractivity contribution is 7.22. The first kappa shape index (κ1) is 22.6. The monoisotopic (exact) mass is 489 g/mol. The van der Waals surface area contributed by atoms with E-state index in [1.807, 2.05) is 0 Å². The zero-order chi connectivity index (χ0) is 24.0. The van der Waals surface area contributed by atoms with E-state index in [4.69, 9.17) is 0 Å². The molecule has 2 heterocycles. The van der Waals surface area contributed by atoms with Crippen LogP contribution in [0.3, 0.4) is 0 Å². The number of alkyl halides is 6. The largest absolute Gasteiger partial charge is 0.573 e. The molecule has 174 valence electrons. The first-order valence-corrected chi connectivity index (χ1v) is 9.94. The third kappa shape index (κ3) is 5.27. The third-order valence-corrected chi connectivity index (χ3v) is 5.34. The van der Waals surface area contributed by atoms with Gasteiger partial charge in [0.15, 0.2) is 5.13 Å². The van der Waals surface area contributed by atoms with Crippen LogP contribution in [0, 0.1) is 0 Å². The van der Waals surface area contributed by atoms with E-state index in [1.165, 1.54) is 30.3 Å². The second-order valence-corrected chi connectivity index (χ2v) is 7.85. The molecule has 4 aromatic rings. The van der Waals surface area contributed by atoms with Gasteiger partial charge in [0.25, 0.3) is 5.91 Å². The van der Waals surface area contributed by atoms with Crippen LogP contribution in [0.4, 0.5) is 37.4 Å². The van der Waals surface area contributed by atoms with Crippen molar-refractivity contribution in [2.45, 2.75) is 12.5 Å². The number of halogens is 6. The topological polar surface area (TPSA) is 81.1 Å². The minimum atomic E-state index is -4.81. The molecule has 7 nitrogen and oxygen atoms in total. The zero-order valence-corrected chi connectivity index (χ0v) is 17.3. The summed E-state index contributed by atoms with van der Waals surface area (Å²) in [4.78, 5) is 20.6. The number of nitrogens with zero attached hydrogens (tertiary/aromatic N) is 3. The van der Waals surface area contributed by atoms with E-state index in [2.05, 4.69) is 20.0 Å². The number of fused-ring (bicyclic) bond motifs is 2. The summed E-state index contributed by atoms with van der Waals surface area (Å²) in [6.45, 7) is -1.45. The van der Waals surface area contributed by atoms with Crippen molar-refractivity contribution in [1.29, 1.82) is 0 Å². The smallest absolute Gasteiger partial charge is 0.406 e. The first-order chi connectivity index (χ1) is 15.4. The van der Waals surface area contributed by atoms with Gasteiger partial charge in [0.05, 0.1) is 21.3 Å². The fraction of sp³-hybridized carbons (Fsp3) is 0.211. The Balaban J connectivity index is 1.56. The molecule has 0 saturated heterocycles. The Bertz CT molecular complexity index is 1340. The van der Waals surface area contributed by atoms with Crippen molar-refractivity contribution in [3.63, 3.8) is 0 Å². The number of hydrogen-bond acceptors (Lipinski definition) is 6. The Kier molecular flexibility index (Phi) is 5.56. The molecule has 0 atom stereocenters.